The number of para-hydroxylation sites is 1. The molecular formula is C25H24N2O3. The molecule has 30 heavy (non-hydrogen) atoms. The van der Waals surface area contributed by atoms with Crippen molar-refractivity contribution >= 4 is 16.8 Å². The minimum atomic E-state index is -0.385. The fourth-order valence-corrected chi connectivity index (χ4v) is 3.64. The number of aliphatic hydroxyl groups is 2. The fourth-order valence-electron chi connectivity index (χ4n) is 3.64. The number of aromatic nitrogens is 1. The molecule has 3 aromatic carbocycles. The van der Waals surface area contributed by atoms with Gasteiger partial charge in [-0.2, -0.15) is 0 Å². The molecule has 1 atom stereocenters. The van der Waals surface area contributed by atoms with Crippen molar-refractivity contribution in [2.45, 2.75) is 19.1 Å². The summed E-state index contributed by atoms with van der Waals surface area (Å²) in [4.78, 5) is 16.1. The van der Waals surface area contributed by atoms with Crippen molar-refractivity contribution in [1.29, 1.82) is 0 Å². The number of benzene rings is 3. The van der Waals surface area contributed by atoms with Gasteiger partial charge >= 0.3 is 0 Å². The van der Waals surface area contributed by atoms with Crippen LogP contribution in [0.15, 0.2) is 79.0 Å². The number of aromatic amines is 1. The first-order chi connectivity index (χ1) is 14.7. The molecule has 0 saturated heterocycles. The van der Waals surface area contributed by atoms with Crippen LogP contribution in [0, 0.1) is 0 Å². The monoisotopic (exact) mass is 400 g/mol. The summed E-state index contributed by atoms with van der Waals surface area (Å²) in [6.07, 6.45) is 2.46. The summed E-state index contributed by atoms with van der Waals surface area (Å²) in [5, 5.41) is 23.1. The van der Waals surface area contributed by atoms with E-state index < -0.39 is 0 Å². The van der Waals surface area contributed by atoms with E-state index in [4.69, 9.17) is 0 Å². The molecule has 0 bridgehead atoms. The third kappa shape index (κ3) is 4.27. The van der Waals surface area contributed by atoms with E-state index in [1.54, 1.807) is 6.07 Å². The van der Waals surface area contributed by atoms with Crippen LogP contribution in [0.25, 0.3) is 22.0 Å². The summed E-state index contributed by atoms with van der Waals surface area (Å²) in [6, 6.07) is 22.6. The van der Waals surface area contributed by atoms with E-state index >= 15 is 0 Å². The molecule has 1 aromatic heterocycles. The van der Waals surface area contributed by atoms with Gasteiger partial charge in [0.2, 0.25) is 0 Å². The van der Waals surface area contributed by atoms with Crippen molar-refractivity contribution in [1.82, 2.24) is 10.3 Å². The van der Waals surface area contributed by atoms with Gasteiger partial charge in [-0.25, -0.2) is 0 Å². The Morgan fingerprint density at radius 2 is 1.73 bits per heavy atom. The number of carbonyl (C=O) groups is 1. The average Bonchev–Trinajstić information content (AvgIpc) is 3.21. The second-order valence-electron chi connectivity index (χ2n) is 7.35. The van der Waals surface area contributed by atoms with Crippen LogP contribution >= 0.6 is 0 Å². The Balaban J connectivity index is 1.49. The second-order valence-corrected chi connectivity index (χ2v) is 7.35. The first-order valence-electron chi connectivity index (χ1n) is 9.95. The zero-order valence-electron chi connectivity index (χ0n) is 16.5. The topological polar surface area (TPSA) is 85.4 Å². The van der Waals surface area contributed by atoms with E-state index in [9.17, 15) is 15.0 Å². The highest BCUT2D eigenvalue weighted by Gasteiger charge is 2.16. The smallest absolute Gasteiger partial charge is 0.251 e. The van der Waals surface area contributed by atoms with E-state index in [0.29, 0.717) is 12.0 Å². The lowest BCUT2D eigenvalue weighted by Gasteiger charge is -2.16. The minimum absolute atomic E-state index is 0.00169. The van der Waals surface area contributed by atoms with Crippen molar-refractivity contribution in [3.8, 4) is 11.1 Å². The number of nitrogens with one attached hydrogen (secondary N) is 2. The number of hydrogen-bond donors (Lipinski definition) is 4. The molecule has 0 aliphatic rings. The highest BCUT2D eigenvalue weighted by molar-refractivity contribution is 5.95. The van der Waals surface area contributed by atoms with Crippen molar-refractivity contribution in [3.05, 3.63) is 95.7 Å². The SMILES string of the molecule is O=C(NC(CO)Cc1c[nH]c2ccccc12)c1cccc(-c2ccc(CO)cc2)c1. The largest absolute Gasteiger partial charge is 0.394 e. The molecule has 0 saturated carbocycles. The Labute approximate surface area is 175 Å². The van der Waals surface area contributed by atoms with Gasteiger partial charge in [0.1, 0.15) is 0 Å². The summed E-state index contributed by atoms with van der Waals surface area (Å²) in [6.45, 7) is -0.144. The van der Waals surface area contributed by atoms with Crippen molar-refractivity contribution in [2.24, 2.45) is 0 Å². The van der Waals surface area contributed by atoms with E-state index in [1.807, 2.05) is 72.9 Å². The van der Waals surface area contributed by atoms with Crippen molar-refractivity contribution in [2.75, 3.05) is 6.61 Å². The Morgan fingerprint density at radius 1 is 0.933 bits per heavy atom. The maximum Gasteiger partial charge on any atom is 0.251 e. The van der Waals surface area contributed by atoms with Crippen molar-refractivity contribution in [3.63, 3.8) is 0 Å². The lowest BCUT2D eigenvalue weighted by atomic mass is 10.0. The molecule has 1 heterocycles. The van der Waals surface area contributed by atoms with Crippen molar-refractivity contribution < 1.29 is 15.0 Å². The fraction of sp³-hybridized carbons (Fsp3) is 0.160. The maximum atomic E-state index is 12.8. The van der Waals surface area contributed by atoms with Crippen LogP contribution in [0.4, 0.5) is 0 Å². The summed E-state index contributed by atoms with van der Waals surface area (Å²) in [5.74, 6) is -0.220. The number of hydrogen-bond acceptors (Lipinski definition) is 3. The molecular weight excluding hydrogens is 376 g/mol. The minimum Gasteiger partial charge on any atom is -0.394 e. The van der Waals surface area contributed by atoms with Gasteiger partial charge in [0.05, 0.1) is 19.3 Å². The van der Waals surface area contributed by atoms with Gasteiger partial charge in [-0.05, 0) is 46.9 Å². The molecule has 0 radical (unpaired) electrons. The zero-order chi connectivity index (χ0) is 20.9. The molecule has 1 amide bonds. The van der Waals surface area contributed by atoms with E-state index in [-0.39, 0.29) is 25.2 Å². The lowest BCUT2D eigenvalue weighted by molar-refractivity contribution is 0.0916. The molecule has 1 unspecified atom stereocenters. The molecule has 4 N–H and O–H groups in total. The van der Waals surface area contributed by atoms with Gasteiger partial charge in [-0.3, -0.25) is 4.79 Å². The molecule has 5 nitrogen and oxygen atoms in total. The van der Waals surface area contributed by atoms with Gasteiger partial charge in [-0.15, -0.1) is 0 Å². The molecule has 0 aliphatic carbocycles. The highest BCUT2D eigenvalue weighted by Crippen LogP contribution is 2.22. The van der Waals surface area contributed by atoms with Gasteiger partial charge in [0, 0.05) is 22.7 Å². The van der Waals surface area contributed by atoms with E-state index in [0.717, 1.165) is 33.2 Å². The third-order valence-electron chi connectivity index (χ3n) is 5.29. The molecule has 0 aliphatic heterocycles. The second kappa shape index (κ2) is 8.95. The first kappa shape index (κ1) is 19.9. The van der Waals surface area contributed by atoms with E-state index in [1.165, 1.54) is 0 Å². The normalized spacial score (nSPS) is 12.1. The molecule has 0 fully saturated rings. The number of H-pyrrole nitrogens is 1. The van der Waals surface area contributed by atoms with Crippen LogP contribution < -0.4 is 5.32 Å². The van der Waals surface area contributed by atoms with Gasteiger partial charge in [0.25, 0.3) is 5.91 Å². The van der Waals surface area contributed by atoms with Crippen LogP contribution in [0.1, 0.15) is 21.5 Å². The zero-order valence-corrected chi connectivity index (χ0v) is 16.5. The number of carbonyl (C=O) groups excluding carboxylic acids is 1. The Hall–Kier alpha value is -3.41. The molecule has 4 rings (SSSR count). The maximum absolute atomic E-state index is 12.8. The van der Waals surface area contributed by atoms with Crippen LogP contribution in [0.5, 0.6) is 0 Å². The van der Waals surface area contributed by atoms with Crippen LogP contribution in [0.2, 0.25) is 0 Å². The predicted molar refractivity (Wildman–Crippen MR) is 118 cm³/mol. The van der Waals surface area contributed by atoms with E-state index in [2.05, 4.69) is 10.3 Å². The summed E-state index contributed by atoms with van der Waals surface area (Å²) in [7, 11) is 0. The number of aliphatic hydroxyl groups excluding tert-OH is 2. The van der Waals surface area contributed by atoms with Gasteiger partial charge in [-0.1, -0.05) is 54.6 Å². The summed E-state index contributed by atoms with van der Waals surface area (Å²) in [5.41, 5.74) is 5.37. The summed E-state index contributed by atoms with van der Waals surface area (Å²) >= 11 is 0. The number of amides is 1. The number of fused-ring (bicyclic) bond motifs is 1. The summed E-state index contributed by atoms with van der Waals surface area (Å²) < 4.78 is 0. The van der Waals surface area contributed by atoms with Crippen LogP contribution in [0.3, 0.4) is 0 Å². The third-order valence-corrected chi connectivity index (χ3v) is 5.29. The molecule has 0 spiro atoms. The first-order valence-corrected chi connectivity index (χ1v) is 9.95. The van der Waals surface area contributed by atoms with Gasteiger partial charge in [0.15, 0.2) is 0 Å². The molecule has 4 aromatic rings. The lowest BCUT2D eigenvalue weighted by Crippen LogP contribution is -2.39. The standard InChI is InChI=1S/C25H24N2O3/c28-15-17-8-10-18(11-9-17)19-4-3-5-20(12-19)25(30)27-22(16-29)13-21-14-26-24-7-2-1-6-23(21)24/h1-12,14,22,26,28-29H,13,15-16H2,(H,27,30). The Morgan fingerprint density at radius 3 is 2.50 bits per heavy atom. The van der Waals surface area contributed by atoms with Gasteiger partial charge < -0.3 is 20.5 Å². The predicted octanol–water partition coefficient (Wildman–Crippen LogP) is 3.66. The highest BCUT2D eigenvalue weighted by atomic mass is 16.3. The Kier molecular flexibility index (Phi) is 5.93. The van der Waals surface area contributed by atoms with Crippen LogP contribution in [-0.4, -0.2) is 33.8 Å². The molecule has 152 valence electrons. The quantitative estimate of drug-likeness (QED) is 0.382. The van der Waals surface area contributed by atoms with Crippen LogP contribution in [-0.2, 0) is 13.0 Å². The Bertz CT molecular complexity index is 1150. The average molecular weight is 400 g/mol. The number of rotatable bonds is 7. The molecule has 5 heteroatoms.